The van der Waals surface area contributed by atoms with Gasteiger partial charge in [-0.25, -0.2) is 4.39 Å². The van der Waals surface area contributed by atoms with Crippen molar-refractivity contribution in [2.24, 2.45) is 0 Å². The van der Waals surface area contributed by atoms with Crippen LogP contribution < -0.4 is 5.32 Å². The zero-order valence-corrected chi connectivity index (χ0v) is 11.6. The summed E-state index contributed by atoms with van der Waals surface area (Å²) in [4.78, 5) is 1.17. The lowest BCUT2D eigenvalue weighted by molar-refractivity contribution is 0.625. The van der Waals surface area contributed by atoms with Crippen molar-refractivity contribution in [3.8, 4) is 10.4 Å². The van der Waals surface area contributed by atoms with Gasteiger partial charge in [0.2, 0.25) is 0 Å². The molecule has 2 rings (SSSR count). The second-order valence-corrected chi connectivity index (χ2v) is 5.33. The maximum absolute atomic E-state index is 13.4. The SMILES string of the molecule is CCCNCc1ccc(F)cc1-c1sccc1C. The van der Waals surface area contributed by atoms with E-state index in [2.05, 4.69) is 30.6 Å². The van der Waals surface area contributed by atoms with Gasteiger partial charge in [-0.05, 0) is 60.2 Å². The number of nitrogens with one attached hydrogen (secondary N) is 1. The molecule has 0 fully saturated rings. The molecule has 0 radical (unpaired) electrons. The highest BCUT2D eigenvalue weighted by atomic mass is 32.1. The minimum atomic E-state index is -0.169. The number of benzene rings is 1. The highest BCUT2D eigenvalue weighted by molar-refractivity contribution is 7.13. The quantitative estimate of drug-likeness (QED) is 0.790. The fraction of sp³-hybridized carbons (Fsp3) is 0.333. The molecule has 96 valence electrons. The average Bonchev–Trinajstić information content (AvgIpc) is 2.77. The number of thiophene rings is 1. The zero-order valence-electron chi connectivity index (χ0n) is 10.8. The third-order valence-electron chi connectivity index (χ3n) is 2.92. The summed E-state index contributed by atoms with van der Waals surface area (Å²) < 4.78 is 13.4. The van der Waals surface area contributed by atoms with E-state index < -0.39 is 0 Å². The first-order valence-electron chi connectivity index (χ1n) is 6.26. The van der Waals surface area contributed by atoms with Crippen LogP contribution in [0.4, 0.5) is 4.39 Å². The van der Waals surface area contributed by atoms with Gasteiger partial charge >= 0.3 is 0 Å². The molecule has 3 heteroatoms. The Balaban J connectivity index is 2.32. The Bertz CT molecular complexity index is 519. The first kappa shape index (κ1) is 13.2. The molecule has 0 spiro atoms. The van der Waals surface area contributed by atoms with Crippen LogP contribution in [-0.2, 0) is 6.54 Å². The summed E-state index contributed by atoms with van der Waals surface area (Å²) in [7, 11) is 0. The molecule has 0 aliphatic heterocycles. The molecule has 0 bridgehead atoms. The van der Waals surface area contributed by atoms with E-state index in [1.807, 2.05) is 6.07 Å². The van der Waals surface area contributed by atoms with Crippen LogP contribution in [0, 0.1) is 12.7 Å². The van der Waals surface area contributed by atoms with Gasteiger partial charge in [0.1, 0.15) is 5.82 Å². The van der Waals surface area contributed by atoms with Crippen LogP contribution in [-0.4, -0.2) is 6.54 Å². The van der Waals surface area contributed by atoms with E-state index in [4.69, 9.17) is 0 Å². The highest BCUT2D eigenvalue weighted by Crippen LogP contribution is 2.32. The summed E-state index contributed by atoms with van der Waals surface area (Å²) in [5.74, 6) is -0.169. The molecule has 18 heavy (non-hydrogen) atoms. The largest absolute Gasteiger partial charge is 0.313 e. The maximum Gasteiger partial charge on any atom is 0.123 e. The van der Waals surface area contributed by atoms with Gasteiger partial charge < -0.3 is 5.32 Å². The van der Waals surface area contributed by atoms with E-state index >= 15 is 0 Å². The van der Waals surface area contributed by atoms with Crippen LogP contribution in [0.15, 0.2) is 29.6 Å². The van der Waals surface area contributed by atoms with Crippen LogP contribution in [0.5, 0.6) is 0 Å². The standard InChI is InChI=1S/C15H18FNS/c1-3-7-17-10-12-4-5-13(16)9-14(12)15-11(2)6-8-18-15/h4-6,8-9,17H,3,7,10H2,1-2H3. The third-order valence-corrected chi connectivity index (χ3v) is 3.97. The summed E-state index contributed by atoms with van der Waals surface area (Å²) >= 11 is 1.67. The first-order chi connectivity index (χ1) is 8.72. The summed E-state index contributed by atoms with van der Waals surface area (Å²) in [6, 6.07) is 7.14. The van der Waals surface area contributed by atoms with E-state index in [0.717, 1.165) is 30.6 Å². The van der Waals surface area contributed by atoms with E-state index in [0.29, 0.717) is 0 Å². The molecule has 0 saturated heterocycles. The molecule has 1 aromatic carbocycles. The Morgan fingerprint density at radius 3 is 2.78 bits per heavy atom. The topological polar surface area (TPSA) is 12.0 Å². The Morgan fingerprint density at radius 1 is 1.28 bits per heavy atom. The highest BCUT2D eigenvalue weighted by Gasteiger charge is 2.10. The zero-order chi connectivity index (χ0) is 13.0. The lowest BCUT2D eigenvalue weighted by Gasteiger charge is -2.10. The summed E-state index contributed by atoms with van der Waals surface area (Å²) in [5.41, 5.74) is 3.39. The lowest BCUT2D eigenvalue weighted by Crippen LogP contribution is -2.14. The number of aryl methyl sites for hydroxylation is 1. The molecular weight excluding hydrogens is 245 g/mol. The molecule has 0 atom stereocenters. The lowest BCUT2D eigenvalue weighted by atomic mass is 10.0. The molecule has 0 aliphatic carbocycles. The van der Waals surface area contributed by atoms with Crippen molar-refractivity contribution in [2.75, 3.05) is 6.54 Å². The van der Waals surface area contributed by atoms with Crippen LogP contribution in [0.2, 0.25) is 0 Å². The van der Waals surface area contributed by atoms with Crippen molar-refractivity contribution in [3.63, 3.8) is 0 Å². The first-order valence-corrected chi connectivity index (χ1v) is 7.14. The van der Waals surface area contributed by atoms with E-state index in [1.165, 1.54) is 16.5 Å². The molecule has 1 heterocycles. The summed E-state index contributed by atoms with van der Waals surface area (Å²) in [5, 5.41) is 5.43. The summed E-state index contributed by atoms with van der Waals surface area (Å²) in [6.07, 6.45) is 1.11. The molecule has 1 N–H and O–H groups in total. The van der Waals surface area contributed by atoms with Crippen LogP contribution in [0.25, 0.3) is 10.4 Å². The van der Waals surface area contributed by atoms with Gasteiger partial charge in [-0.1, -0.05) is 13.0 Å². The predicted octanol–water partition coefficient (Wildman–Crippen LogP) is 4.36. The van der Waals surface area contributed by atoms with Gasteiger partial charge in [0.25, 0.3) is 0 Å². The number of hydrogen-bond donors (Lipinski definition) is 1. The summed E-state index contributed by atoms with van der Waals surface area (Å²) in [6.45, 7) is 5.99. The fourth-order valence-electron chi connectivity index (χ4n) is 1.96. The third kappa shape index (κ3) is 2.98. The number of rotatable bonds is 5. The number of hydrogen-bond acceptors (Lipinski definition) is 2. The van der Waals surface area contributed by atoms with Gasteiger partial charge in [0.15, 0.2) is 0 Å². The van der Waals surface area contributed by atoms with Gasteiger partial charge in [0, 0.05) is 11.4 Å². The predicted molar refractivity (Wildman–Crippen MR) is 76.4 cm³/mol. The minimum Gasteiger partial charge on any atom is -0.313 e. The Hall–Kier alpha value is -1.19. The molecular formula is C15H18FNS. The van der Waals surface area contributed by atoms with Crippen molar-refractivity contribution in [3.05, 3.63) is 46.6 Å². The molecule has 1 nitrogen and oxygen atoms in total. The van der Waals surface area contributed by atoms with Crippen molar-refractivity contribution in [1.82, 2.24) is 5.32 Å². The van der Waals surface area contributed by atoms with Gasteiger partial charge in [-0.3, -0.25) is 0 Å². The van der Waals surface area contributed by atoms with Crippen LogP contribution in [0.3, 0.4) is 0 Å². The van der Waals surface area contributed by atoms with Crippen molar-refractivity contribution in [2.45, 2.75) is 26.8 Å². The Morgan fingerprint density at radius 2 is 2.11 bits per heavy atom. The van der Waals surface area contributed by atoms with Crippen molar-refractivity contribution < 1.29 is 4.39 Å². The second kappa shape index (κ2) is 6.12. The second-order valence-electron chi connectivity index (χ2n) is 4.41. The van der Waals surface area contributed by atoms with Gasteiger partial charge in [0.05, 0.1) is 0 Å². The van der Waals surface area contributed by atoms with E-state index in [-0.39, 0.29) is 5.82 Å². The normalized spacial score (nSPS) is 10.8. The Labute approximate surface area is 112 Å². The smallest absolute Gasteiger partial charge is 0.123 e. The van der Waals surface area contributed by atoms with Crippen LogP contribution >= 0.6 is 11.3 Å². The molecule has 0 saturated carbocycles. The molecule has 0 unspecified atom stereocenters. The van der Waals surface area contributed by atoms with Crippen LogP contribution in [0.1, 0.15) is 24.5 Å². The molecule has 1 aromatic heterocycles. The Kier molecular flexibility index (Phi) is 4.50. The maximum atomic E-state index is 13.4. The monoisotopic (exact) mass is 263 g/mol. The fourth-order valence-corrected chi connectivity index (χ4v) is 2.94. The van der Waals surface area contributed by atoms with Gasteiger partial charge in [-0.2, -0.15) is 0 Å². The van der Waals surface area contributed by atoms with Crippen molar-refractivity contribution >= 4 is 11.3 Å². The van der Waals surface area contributed by atoms with Gasteiger partial charge in [-0.15, -0.1) is 11.3 Å². The number of halogens is 1. The molecule has 0 aliphatic rings. The molecule has 2 aromatic rings. The van der Waals surface area contributed by atoms with E-state index in [9.17, 15) is 4.39 Å². The van der Waals surface area contributed by atoms with Crippen molar-refractivity contribution in [1.29, 1.82) is 0 Å². The van der Waals surface area contributed by atoms with E-state index in [1.54, 1.807) is 17.4 Å². The molecule has 0 amide bonds. The minimum absolute atomic E-state index is 0.169. The average molecular weight is 263 g/mol.